The van der Waals surface area contributed by atoms with Crippen LogP contribution < -0.4 is 0 Å². The summed E-state index contributed by atoms with van der Waals surface area (Å²) in [5.41, 5.74) is 3.85. The van der Waals surface area contributed by atoms with Gasteiger partial charge in [0.1, 0.15) is 6.10 Å². The monoisotopic (exact) mass is 528 g/mol. The second-order valence-electron chi connectivity index (χ2n) is 16.2. The van der Waals surface area contributed by atoms with E-state index >= 15 is 0 Å². The lowest BCUT2D eigenvalue weighted by molar-refractivity contribution is -0.233. The number of hydrogen-bond acceptors (Lipinski definition) is 3. The van der Waals surface area contributed by atoms with Crippen LogP contribution in [0.25, 0.3) is 0 Å². The lowest BCUT2D eigenvalue weighted by Crippen LogP contribution is -2.66. The fraction of sp³-hybridized carbons (Fsp3) is 0.882. The Bertz CT molecular complexity index is 988. The van der Waals surface area contributed by atoms with Gasteiger partial charge >= 0.3 is 5.97 Å². The average Bonchev–Trinajstić information content (AvgIpc) is 2.77. The number of fused-ring (bicyclic) bond motifs is 7. The van der Waals surface area contributed by atoms with Gasteiger partial charge in [0.15, 0.2) is 0 Å². The molecule has 8 atom stereocenters. The van der Waals surface area contributed by atoms with E-state index in [1.165, 1.54) is 57.8 Å². The van der Waals surface area contributed by atoms with E-state index in [0.29, 0.717) is 33.0 Å². The molecule has 1 N–H and O–H groups in total. The Balaban J connectivity index is 0.000000786. The number of ether oxygens (including phenoxy) is 1. The third-order valence-electron chi connectivity index (χ3n) is 13.2. The first kappa shape index (κ1) is 29.7. The molecule has 4 heteroatoms. The van der Waals surface area contributed by atoms with E-state index in [0.717, 1.165) is 25.2 Å². The van der Waals surface area contributed by atoms with Crippen LogP contribution in [0.5, 0.6) is 0 Å². The average molecular weight is 529 g/mol. The Morgan fingerprint density at radius 3 is 1.97 bits per heavy atom. The molecule has 216 valence electrons. The molecule has 4 fully saturated rings. The van der Waals surface area contributed by atoms with Crippen LogP contribution in [0.4, 0.5) is 0 Å². The molecule has 0 spiro atoms. The van der Waals surface area contributed by atoms with Crippen LogP contribution >= 0.6 is 0 Å². The minimum atomic E-state index is -0.833. The Hall–Kier alpha value is -1.32. The highest BCUT2D eigenvalue weighted by atomic mass is 16.5. The van der Waals surface area contributed by atoms with Crippen molar-refractivity contribution in [3.05, 3.63) is 11.6 Å². The SMILES string of the molecule is CC(=O)O.CC(=O)O[C@H]1CC[C@@]2(C)C(CC[C@]3(C)C2CCC2C4=CC(C)(C)CC[C@]4(C)CC[C@]23C)C1(C)C. The lowest BCUT2D eigenvalue weighted by atomic mass is 9.32. The van der Waals surface area contributed by atoms with E-state index in [1.54, 1.807) is 6.92 Å². The quantitative estimate of drug-likeness (QED) is 0.273. The molecule has 0 aromatic carbocycles. The zero-order chi connectivity index (χ0) is 28.5. The maximum absolute atomic E-state index is 11.9. The van der Waals surface area contributed by atoms with Crippen LogP contribution in [0.2, 0.25) is 0 Å². The van der Waals surface area contributed by atoms with Crippen molar-refractivity contribution in [1.29, 1.82) is 0 Å². The summed E-state index contributed by atoms with van der Waals surface area (Å²) < 4.78 is 5.91. The van der Waals surface area contributed by atoms with Gasteiger partial charge in [-0.05, 0) is 109 Å². The second-order valence-corrected chi connectivity index (χ2v) is 16.2. The molecule has 5 rings (SSSR count). The van der Waals surface area contributed by atoms with Gasteiger partial charge in [-0.25, -0.2) is 0 Å². The van der Waals surface area contributed by atoms with Crippen molar-refractivity contribution in [2.24, 2.45) is 50.2 Å². The van der Waals surface area contributed by atoms with Crippen molar-refractivity contribution in [2.45, 2.75) is 140 Å². The van der Waals surface area contributed by atoms with Gasteiger partial charge in [0, 0.05) is 19.3 Å². The summed E-state index contributed by atoms with van der Waals surface area (Å²) in [6.45, 7) is 23.1. The summed E-state index contributed by atoms with van der Waals surface area (Å²) in [5.74, 6) is 1.24. The molecule has 0 amide bonds. The summed E-state index contributed by atoms with van der Waals surface area (Å²) in [4.78, 5) is 20.9. The molecule has 0 heterocycles. The van der Waals surface area contributed by atoms with E-state index in [2.05, 4.69) is 61.5 Å². The number of carbonyl (C=O) groups is 2. The Morgan fingerprint density at radius 2 is 1.37 bits per heavy atom. The zero-order valence-corrected chi connectivity index (χ0v) is 26.1. The molecule has 0 bridgehead atoms. The number of aliphatic carboxylic acids is 1. The van der Waals surface area contributed by atoms with Crippen LogP contribution in [-0.2, 0) is 14.3 Å². The molecular weight excluding hydrogens is 472 g/mol. The standard InChI is InChI=1S/C32H52O2.C2H4O2/c1-21(33)34-26-13-14-30(7)24(28(26,4)5)12-15-32(9)25(30)11-10-22-23-20-27(2,3)16-17-29(23,6)18-19-31(22,32)8;1-2(3)4/h20,22,24-26H,10-19H2,1-9H3;1H3,(H,3,4)/t22?,24?,25?,26-,29+,30-,31+,32+;/m0./s1. The first-order chi connectivity index (χ1) is 17.3. The van der Waals surface area contributed by atoms with E-state index in [4.69, 9.17) is 14.6 Å². The molecule has 38 heavy (non-hydrogen) atoms. The Labute approximate surface area is 232 Å². The predicted molar refractivity (Wildman–Crippen MR) is 154 cm³/mol. The Kier molecular flexibility index (Phi) is 7.31. The van der Waals surface area contributed by atoms with Crippen molar-refractivity contribution in [2.75, 3.05) is 0 Å². The largest absolute Gasteiger partial charge is 0.481 e. The van der Waals surface area contributed by atoms with E-state index < -0.39 is 5.97 Å². The molecule has 0 aliphatic heterocycles. The fourth-order valence-corrected chi connectivity index (χ4v) is 11.0. The topological polar surface area (TPSA) is 63.6 Å². The first-order valence-electron chi connectivity index (χ1n) is 15.4. The van der Waals surface area contributed by atoms with Crippen LogP contribution in [0.3, 0.4) is 0 Å². The van der Waals surface area contributed by atoms with Gasteiger partial charge < -0.3 is 9.84 Å². The smallest absolute Gasteiger partial charge is 0.302 e. The summed E-state index contributed by atoms with van der Waals surface area (Å²) in [6, 6.07) is 0. The minimum Gasteiger partial charge on any atom is -0.481 e. The summed E-state index contributed by atoms with van der Waals surface area (Å²) >= 11 is 0. The van der Waals surface area contributed by atoms with Gasteiger partial charge in [0.25, 0.3) is 5.97 Å². The molecule has 0 aromatic heterocycles. The lowest BCUT2D eigenvalue weighted by Gasteiger charge is -2.72. The van der Waals surface area contributed by atoms with Crippen LogP contribution in [0.15, 0.2) is 11.6 Å². The van der Waals surface area contributed by atoms with Gasteiger partial charge in [-0.1, -0.05) is 67.0 Å². The molecule has 4 saturated carbocycles. The third-order valence-corrected chi connectivity index (χ3v) is 13.2. The van der Waals surface area contributed by atoms with E-state index in [-0.39, 0.29) is 17.5 Å². The van der Waals surface area contributed by atoms with Gasteiger partial charge in [0.2, 0.25) is 0 Å². The summed E-state index contributed by atoms with van der Waals surface area (Å²) in [7, 11) is 0. The number of carboxylic acids is 1. The summed E-state index contributed by atoms with van der Waals surface area (Å²) in [6.07, 6.45) is 16.0. The summed E-state index contributed by atoms with van der Waals surface area (Å²) in [5, 5.41) is 7.42. The number of esters is 1. The van der Waals surface area contributed by atoms with Gasteiger partial charge in [0.05, 0.1) is 0 Å². The number of hydrogen-bond donors (Lipinski definition) is 1. The molecule has 0 aromatic rings. The zero-order valence-electron chi connectivity index (χ0n) is 26.1. The number of rotatable bonds is 1. The van der Waals surface area contributed by atoms with Crippen molar-refractivity contribution in [3.63, 3.8) is 0 Å². The Morgan fingerprint density at radius 1 is 0.763 bits per heavy atom. The van der Waals surface area contributed by atoms with Crippen LogP contribution in [-0.4, -0.2) is 23.1 Å². The highest BCUT2D eigenvalue weighted by molar-refractivity contribution is 5.66. The minimum absolute atomic E-state index is 0.0544. The molecule has 4 nitrogen and oxygen atoms in total. The molecule has 5 aliphatic carbocycles. The van der Waals surface area contributed by atoms with Gasteiger partial charge in [-0.2, -0.15) is 0 Å². The highest BCUT2D eigenvalue weighted by Gasteiger charge is 2.69. The van der Waals surface area contributed by atoms with E-state index in [9.17, 15) is 4.79 Å². The highest BCUT2D eigenvalue weighted by Crippen LogP contribution is 2.76. The third kappa shape index (κ3) is 4.48. The number of allylic oxidation sites excluding steroid dienone is 2. The van der Waals surface area contributed by atoms with Crippen molar-refractivity contribution in [3.8, 4) is 0 Å². The van der Waals surface area contributed by atoms with Crippen molar-refractivity contribution in [1.82, 2.24) is 0 Å². The molecule has 5 aliphatic rings. The van der Waals surface area contributed by atoms with Crippen molar-refractivity contribution < 1.29 is 19.4 Å². The maximum Gasteiger partial charge on any atom is 0.302 e. The van der Waals surface area contributed by atoms with E-state index in [1.807, 2.05) is 5.57 Å². The number of carbonyl (C=O) groups excluding carboxylic acids is 1. The van der Waals surface area contributed by atoms with Gasteiger partial charge in [-0.3, -0.25) is 9.59 Å². The molecule has 0 radical (unpaired) electrons. The van der Waals surface area contributed by atoms with Crippen LogP contribution in [0.1, 0.15) is 133 Å². The molecule has 3 unspecified atom stereocenters. The second kappa shape index (κ2) is 9.37. The first-order valence-corrected chi connectivity index (χ1v) is 15.4. The fourth-order valence-electron chi connectivity index (χ4n) is 11.0. The predicted octanol–water partition coefficient (Wildman–Crippen LogP) is 8.83. The normalized spacial score (nSPS) is 46.4. The number of carboxylic acid groups (broad SMARTS) is 1. The van der Waals surface area contributed by atoms with Crippen LogP contribution in [0, 0.1) is 50.2 Å². The molecular formula is C34H56O4. The maximum atomic E-state index is 11.9. The molecule has 0 saturated heterocycles. The van der Waals surface area contributed by atoms with Crippen molar-refractivity contribution >= 4 is 11.9 Å². The van der Waals surface area contributed by atoms with Gasteiger partial charge in [-0.15, -0.1) is 0 Å².